The lowest BCUT2D eigenvalue weighted by Crippen LogP contribution is -2.52. The van der Waals surface area contributed by atoms with Crippen LogP contribution in [0.3, 0.4) is 0 Å². The van der Waals surface area contributed by atoms with Crippen molar-refractivity contribution in [2.75, 3.05) is 5.32 Å². The van der Waals surface area contributed by atoms with Crippen LogP contribution in [0, 0.1) is 0 Å². The smallest absolute Gasteiger partial charge is 0.255 e. The number of hydrogen-bond acceptors (Lipinski definition) is 5. The number of carbonyl (C=O) groups excluding carboxylic acids is 3. The van der Waals surface area contributed by atoms with Gasteiger partial charge < -0.3 is 16.0 Å². The Balaban J connectivity index is 1.43. The number of nitrogens with zero attached hydrogens (tertiary/aromatic N) is 1. The number of imide groups is 1. The van der Waals surface area contributed by atoms with Crippen molar-refractivity contribution < 1.29 is 14.4 Å². The van der Waals surface area contributed by atoms with Crippen molar-refractivity contribution in [3.63, 3.8) is 0 Å². The van der Waals surface area contributed by atoms with Crippen LogP contribution in [0.15, 0.2) is 42.5 Å². The fourth-order valence-corrected chi connectivity index (χ4v) is 3.85. The Kier molecular flexibility index (Phi) is 5.07. The zero-order chi connectivity index (χ0) is 20.5. The van der Waals surface area contributed by atoms with Gasteiger partial charge in [0.15, 0.2) is 0 Å². The largest absolute Gasteiger partial charge is 0.381 e. The van der Waals surface area contributed by atoms with Gasteiger partial charge >= 0.3 is 0 Å². The summed E-state index contributed by atoms with van der Waals surface area (Å²) < 4.78 is 0. The van der Waals surface area contributed by atoms with Crippen LogP contribution in [-0.4, -0.2) is 28.7 Å². The molecule has 7 heteroatoms. The Morgan fingerprint density at radius 2 is 1.93 bits per heavy atom. The van der Waals surface area contributed by atoms with E-state index in [1.54, 1.807) is 4.90 Å². The van der Waals surface area contributed by atoms with Gasteiger partial charge in [0.1, 0.15) is 6.04 Å². The van der Waals surface area contributed by atoms with Crippen LogP contribution in [0.2, 0.25) is 0 Å². The van der Waals surface area contributed by atoms with Gasteiger partial charge in [-0.3, -0.25) is 19.7 Å². The number of carbonyl (C=O) groups is 3. The molecule has 2 heterocycles. The predicted octanol–water partition coefficient (Wildman–Crippen LogP) is 2.08. The lowest BCUT2D eigenvalue weighted by molar-refractivity contribution is -0.136. The van der Waals surface area contributed by atoms with Crippen molar-refractivity contribution in [1.82, 2.24) is 10.2 Å². The van der Waals surface area contributed by atoms with E-state index in [4.69, 9.17) is 5.73 Å². The van der Waals surface area contributed by atoms with Crippen molar-refractivity contribution in [2.45, 2.75) is 44.9 Å². The Hall–Kier alpha value is -3.19. The van der Waals surface area contributed by atoms with Gasteiger partial charge in [-0.15, -0.1) is 0 Å². The molecule has 0 bridgehead atoms. The summed E-state index contributed by atoms with van der Waals surface area (Å²) in [6.45, 7) is 2.96. The summed E-state index contributed by atoms with van der Waals surface area (Å²) >= 11 is 0. The maximum Gasteiger partial charge on any atom is 0.255 e. The standard InChI is InChI=1S/C22H24N4O3/c1-13(23)15-3-5-17(6-4-15)24-11-14-2-7-18-16(10-14)12-26(22(18)29)19-8-9-20(27)25-21(19)28/h2-7,10,13,19,24H,8-9,11-12,23H2,1H3,(H,25,27,28). The number of piperidine rings is 1. The fourth-order valence-electron chi connectivity index (χ4n) is 3.85. The Morgan fingerprint density at radius 3 is 2.62 bits per heavy atom. The highest BCUT2D eigenvalue weighted by molar-refractivity contribution is 6.05. The first-order valence-corrected chi connectivity index (χ1v) is 9.78. The Bertz CT molecular complexity index is 969. The molecule has 0 radical (unpaired) electrons. The summed E-state index contributed by atoms with van der Waals surface area (Å²) in [5.74, 6) is -0.822. The van der Waals surface area contributed by atoms with Gasteiger partial charge in [-0.1, -0.05) is 24.3 Å². The van der Waals surface area contributed by atoms with Crippen molar-refractivity contribution in [3.8, 4) is 0 Å². The van der Waals surface area contributed by atoms with Crippen LogP contribution in [0.25, 0.3) is 0 Å². The first-order valence-electron chi connectivity index (χ1n) is 9.78. The maximum atomic E-state index is 12.7. The molecule has 0 aliphatic carbocycles. The fraction of sp³-hybridized carbons (Fsp3) is 0.318. The molecule has 2 aromatic rings. The van der Waals surface area contributed by atoms with Gasteiger partial charge in [0.25, 0.3) is 5.91 Å². The van der Waals surface area contributed by atoms with Crippen molar-refractivity contribution in [3.05, 3.63) is 64.7 Å². The highest BCUT2D eigenvalue weighted by atomic mass is 16.2. The summed E-state index contributed by atoms with van der Waals surface area (Å²) in [6, 6.07) is 13.2. The van der Waals surface area contributed by atoms with Gasteiger partial charge in [-0.05, 0) is 48.2 Å². The molecule has 2 atom stereocenters. The molecule has 4 rings (SSSR count). The van der Waals surface area contributed by atoms with E-state index in [1.807, 2.05) is 49.4 Å². The highest BCUT2D eigenvalue weighted by Gasteiger charge is 2.38. The van der Waals surface area contributed by atoms with Crippen molar-refractivity contribution in [2.24, 2.45) is 5.73 Å². The van der Waals surface area contributed by atoms with Gasteiger partial charge in [-0.25, -0.2) is 0 Å². The molecule has 1 saturated heterocycles. The lowest BCUT2D eigenvalue weighted by Gasteiger charge is -2.29. The van der Waals surface area contributed by atoms with E-state index in [0.29, 0.717) is 25.1 Å². The Morgan fingerprint density at radius 1 is 1.17 bits per heavy atom. The van der Waals surface area contributed by atoms with E-state index >= 15 is 0 Å². The van der Waals surface area contributed by atoms with Gasteiger partial charge in [0.05, 0.1) is 0 Å². The average molecular weight is 392 g/mol. The number of amides is 3. The zero-order valence-electron chi connectivity index (χ0n) is 16.3. The van der Waals surface area contributed by atoms with E-state index < -0.39 is 6.04 Å². The Labute approximate surface area is 169 Å². The second-order valence-electron chi connectivity index (χ2n) is 7.66. The molecule has 2 aliphatic heterocycles. The molecule has 29 heavy (non-hydrogen) atoms. The summed E-state index contributed by atoms with van der Waals surface area (Å²) in [7, 11) is 0. The van der Waals surface area contributed by atoms with Crippen LogP contribution in [0.4, 0.5) is 5.69 Å². The van der Waals surface area contributed by atoms with Crippen molar-refractivity contribution in [1.29, 1.82) is 0 Å². The van der Waals surface area contributed by atoms with E-state index in [9.17, 15) is 14.4 Å². The number of anilines is 1. The normalized spacial score (nSPS) is 19.7. The molecule has 150 valence electrons. The molecule has 2 unspecified atom stereocenters. The third kappa shape index (κ3) is 3.86. The average Bonchev–Trinajstić information content (AvgIpc) is 3.02. The second kappa shape index (κ2) is 7.67. The van der Waals surface area contributed by atoms with Crippen LogP contribution >= 0.6 is 0 Å². The quantitative estimate of drug-likeness (QED) is 0.676. The number of nitrogens with one attached hydrogen (secondary N) is 2. The molecule has 2 aliphatic rings. The van der Waals surface area contributed by atoms with E-state index in [-0.39, 0.29) is 30.2 Å². The molecule has 0 saturated carbocycles. The first-order chi connectivity index (χ1) is 13.9. The number of nitrogens with two attached hydrogens (primary N) is 1. The highest BCUT2D eigenvalue weighted by Crippen LogP contribution is 2.28. The lowest BCUT2D eigenvalue weighted by atomic mass is 10.0. The minimum absolute atomic E-state index is 0.00519. The summed E-state index contributed by atoms with van der Waals surface area (Å²) in [6.07, 6.45) is 0.629. The third-order valence-electron chi connectivity index (χ3n) is 5.52. The maximum absolute atomic E-state index is 12.7. The molecular formula is C22H24N4O3. The van der Waals surface area contributed by atoms with Crippen LogP contribution in [-0.2, 0) is 22.7 Å². The SMILES string of the molecule is CC(N)c1ccc(NCc2ccc3c(c2)CN(C2CCC(=O)NC2=O)C3=O)cc1. The predicted molar refractivity (Wildman–Crippen MR) is 109 cm³/mol. The molecule has 3 amide bonds. The monoisotopic (exact) mass is 392 g/mol. The molecule has 1 fully saturated rings. The van der Waals surface area contributed by atoms with E-state index in [1.165, 1.54) is 0 Å². The molecule has 0 aromatic heterocycles. The summed E-state index contributed by atoms with van der Waals surface area (Å²) in [4.78, 5) is 37.8. The molecule has 4 N–H and O–H groups in total. The van der Waals surface area contributed by atoms with E-state index in [0.717, 1.165) is 22.4 Å². The van der Waals surface area contributed by atoms with Gasteiger partial charge in [0.2, 0.25) is 11.8 Å². The van der Waals surface area contributed by atoms with Gasteiger partial charge in [-0.2, -0.15) is 0 Å². The van der Waals surface area contributed by atoms with Gasteiger partial charge in [0, 0.05) is 36.8 Å². The number of fused-ring (bicyclic) bond motifs is 1. The zero-order valence-corrected chi connectivity index (χ0v) is 16.3. The van der Waals surface area contributed by atoms with Crippen LogP contribution in [0.5, 0.6) is 0 Å². The first kappa shape index (κ1) is 19.1. The number of benzene rings is 2. The topological polar surface area (TPSA) is 105 Å². The molecule has 2 aromatic carbocycles. The molecule has 0 spiro atoms. The number of rotatable bonds is 5. The van der Waals surface area contributed by atoms with Crippen LogP contribution in [0.1, 0.15) is 52.9 Å². The molecule has 7 nitrogen and oxygen atoms in total. The van der Waals surface area contributed by atoms with Crippen molar-refractivity contribution >= 4 is 23.4 Å². The minimum Gasteiger partial charge on any atom is -0.381 e. The summed E-state index contributed by atoms with van der Waals surface area (Å²) in [5, 5.41) is 5.70. The second-order valence-corrected chi connectivity index (χ2v) is 7.66. The number of hydrogen-bond donors (Lipinski definition) is 3. The molecular weight excluding hydrogens is 368 g/mol. The third-order valence-corrected chi connectivity index (χ3v) is 5.52. The minimum atomic E-state index is -0.586. The van der Waals surface area contributed by atoms with Crippen LogP contribution < -0.4 is 16.4 Å². The summed E-state index contributed by atoms with van der Waals surface area (Å²) in [5.41, 5.74) is 10.5. The van der Waals surface area contributed by atoms with E-state index in [2.05, 4.69) is 10.6 Å².